The van der Waals surface area contributed by atoms with Crippen molar-refractivity contribution in [3.8, 4) is 0 Å². The minimum atomic E-state index is -3.70. The van der Waals surface area contributed by atoms with E-state index in [9.17, 15) is 32.4 Å². The number of hydrogen-bond acceptors (Lipinski definition) is 10. The van der Waals surface area contributed by atoms with Crippen LogP contribution in [0.1, 0.15) is 94.7 Å². The lowest BCUT2D eigenvalue weighted by Gasteiger charge is -2.45. The monoisotopic (exact) mass is 816 g/mol. The number of nitrogens with one attached hydrogen (secondary N) is 2. The van der Waals surface area contributed by atoms with Crippen LogP contribution in [0.4, 0.5) is 11.8 Å². The molecule has 0 bridgehead atoms. The molecule has 18 heteroatoms. The molecule has 5 fully saturated rings. The number of piperidine rings is 2. The summed E-state index contributed by atoms with van der Waals surface area (Å²) in [6, 6.07) is 4.70. The number of amides is 4. The highest BCUT2D eigenvalue weighted by molar-refractivity contribution is 7.86. The number of likely N-dealkylation sites (N-methyl/N-ethyl adjacent to an activating group) is 1. The predicted octanol–water partition coefficient (Wildman–Crippen LogP) is 1.96. The van der Waals surface area contributed by atoms with Crippen molar-refractivity contribution in [2.24, 2.45) is 13.0 Å². The molecule has 6 heterocycles. The highest BCUT2D eigenvalue weighted by Crippen LogP contribution is 2.58. The molecular formula is C40H52N10O7S. The summed E-state index contributed by atoms with van der Waals surface area (Å²) in [6.07, 6.45) is 9.62. The molecular weight excluding hydrogens is 765 g/mol. The standard InChI is InChI=1S/C40H52N10O7S/c1-24-7-4-10-29(24)50-35-28(40(17-18-40)37(50)54)21-41-38(44-35)42-26-15-19-47(20-16-26)58(56,57)48-22-27(23-48)45(2)33(52)12-6-9-25-8-5-11-30-34(25)46(3)39(55)49(30)31-13-14-32(51)43-36(31)53/h5,8,11,21,24,26-27,29,31H,4,6-7,9-10,12-20,22-23H2,1-3H3,(H,41,42,44)(H,43,51,53). The zero-order valence-electron chi connectivity index (χ0n) is 33.4. The zero-order valence-corrected chi connectivity index (χ0v) is 34.2. The topological polar surface area (TPSA) is 192 Å². The van der Waals surface area contributed by atoms with Gasteiger partial charge in [-0.2, -0.15) is 22.0 Å². The fraction of sp³-hybridized carbons (Fsp3) is 0.625. The molecule has 2 aliphatic carbocycles. The van der Waals surface area contributed by atoms with Crippen molar-refractivity contribution in [1.29, 1.82) is 0 Å². The Morgan fingerprint density at radius 2 is 1.79 bits per heavy atom. The van der Waals surface area contributed by atoms with Crippen LogP contribution < -0.4 is 21.2 Å². The molecule has 58 heavy (non-hydrogen) atoms. The second-order valence-electron chi connectivity index (χ2n) is 17.3. The van der Waals surface area contributed by atoms with Crippen LogP contribution in [0.5, 0.6) is 0 Å². The van der Waals surface area contributed by atoms with E-state index in [1.807, 2.05) is 23.2 Å². The average Bonchev–Trinajstić information content (AvgIpc) is 3.75. The third-order valence-corrected chi connectivity index (χ3v) is 15.8. The molecule has 3 atom stereocenters. The number of fused-ring (bicyclic) bond motifs is 3. The van der Waals surface area contributed by atoms with Crippen LogP contribution in [0.15, 0.2) is 29.2 Å². The molecule has 1 spiro atoms. The molecule has 9 rings (SSSR count). The molecule has 17 nitrogen and oxygen atoms in total. The summed E-state index contributed by atoms with van der Waals surface area (Å²) in [4.78, 5) is 77.6. The Morgan fingerprint density at radius 3 is 2.48 bits per heavy atom. The van der Waals surface area contributed by atoms with Gasteiger partial charge in [0.1, 0.15) is 11.9 Å². The third-order valence-electron chi connectivity index (χ3n) is 13.8. The van der Waals surface area contributed by atoms with Crippen LogP contribution in [0, 0.1) is 5.92 Å². The molecule has 6 aliphatic rings. The molecule has 4 aliphatic heterocycles. The van der Waals surface area contributed by atoms with Crippen LogP contribution in [0.2, 0.25) is 0 Å². The van der Waals surface area contributed by atoms with Gasteiger partial charge in [0.2, 0.25) is 29.6 Å². The second kappa shape index (κ2) is 14.5. The van der Waals surface area contributed by atoms with Crippen molar-refractivity contribution in [1.82, 2.24) is 37.9 Å². The van der Waals surface area contributed by atoms with Gasteiger partial charge in [-0.25, -0.2) is 9.78 Å². The summed E-state index contributed by atoms with van der Waals surface area (Å²) >= 11 is 0. The molecule has 2 N–H and O–H groups in total. The summed E-state index contributed by atoms with van der Waals surface area (Å²) < 4.78 is 33.2. The SMILES string of the molecule is CC1CCCC1N1C(=O)C2(CC2)c2cnc(NC3CCN(S(=O)(=O)N4CC(N(C)C(=O)CCCc5cccc6c5n(C)c(=O)n6C5CCC(=O)NC5=O)C4)CC3)nc21. The lowest BCUT2D eigenvalue weighted by Crippen LogP contribution is -2.64. The lowest BCUT2D eigenvalue weighted by atomic mass is 10.0. The zero-order chi connectivity index (χ0) is 40.7. The van der Waals surface area contributed by atoms with Gasteiger partial charge in [-0.3, -0.25) is 38.5 Å². The molecule has 3 unspecified atom stereocenters. The Balaban J connectivity index is 0.758. The number of imide groups is 1. The average molecular weight is 817 g/mol. The van der Waals surface area contributed by atoms with Gasteiger partial charge in [-0.1, -0.05) is 25.5 Å². The maximum Gasteiger partial charge on any atom is 0.329 e. The number of para-hydroxylation sites is 1. The first-order chi connectivity index (χ1) is 27.8. The fourth-order valence-corrected chi connectivity index (χ4v) is 11.7. The van der Waals surface area contributed by atoms with Crippen LogP contribution in [-0.4, -0.2) is 116 Å². The molecule has 4 amide bonds. The number of aromatic nitrogens is 4. The maximum absolute atomic E-state index is 13.6. The number of aryl methyl sites for hydroxylation is 2. The molecule has 3 aromatic rings. The number of hydrogen-bond donors (Lipinski definition) is 2. The Hall–Kier alpha value is -4.68. The fourth-order valence-electron chi connectivity index (χ4n) is 10.0. The smallest absolute Gasteiger partial charge is 0.329 e. The maximum atomic E-state index is 13.6. The summed E-state index contributed by atoms with van der Waals surface area (Å²) in [5.74, 6) is 0.919. The number of carbonyl (C=O) groups excluding carboxylic acids is 4. The molecule has 0 radical (unpaired) electrons. The summed E-state index contributed by atoms with van der Waals surface area (Å²) in [7, 11) is -0.321. The second-order valence-corrected chi connectivity index (χ2v) is 19.2. The first kappa shape index (κ1) is 38.8. The summed E-state index contributed by atoms with van der Waals surface area (Å²) in [5.41, 5.74) is 2.35. The molecule has 2 aromatic heterocycles. The van der Waals surface area contributed by atoms with Crippen LogP contribution in [0.3, 0.4) is 0 Å². The Bertz CT molecular complexity index is 2360. The van der Waals surface area contributed by atoms with Gasteiger partial charge in [0.25, 0.3) is 10.2 Å². The molecule has 1 aromatic carbocycles. The van der Waals surface area contributed by atoms with E-state index in [1.165, 1.54) is 17.7 Å². The van der Waals surface area contributed by atoms with E-state index in [4.69, 9.17) is 4.98 Å². The summed E-state index contributed by atoms with van der Waals surface area (Å²) in [6.45, 7) is 3.39. The van der Waals surface area contributed by atoms with E-state index in [0.29, 0.717) is 61.7 Å². The first-order valence-corrected chi connectivity index (χ1v) is 22.2. The lowest BCUT2D eigenvalue weighted by molar-refractivity contribution is -0.136. The summed E-state index contributed by atoms with van der Waals surface area (Å²) in [5, 5.41) is 5.77. The van der Waals surface area contributed by atoms with Crippen LogP contribution in [0.25, 0.3) is 11.0 Å². The number of imidazole rings is 1. The van der Waals surface area contributed by atoms with Gasteiger partial charge in [-0.15, -0.1) is 0 Å². The number of carbonyl (C=O) groups is 4. The van der Waals surface area contributed by atoms with E-state index >= 15 is 0 Å². The minimum Gasteiger partial charge on any atom is -0.351 e. The quantitative estimate of drug-likeness (QED) is 0.271. The minimum absolute atomic E-state index is 0.00894. The van der Waals surface area contributed by atoms with Gasteiger partial charge in [0.05, 0.1) is 22.5 Å². The van der Waals surface area contributed by atoms with Crippen molar-refractivity contribution in [2.75, 3.05) is 43.4 Å². The van der Waals surface area contributed by atoms with Crippen LogP contribution in [-0.2, 0) is 48.3 Å². The van der Waals surface area contributed by atoms with E-state index in [1.54, 1.807) is 25.1 Å². The Kier molecular flexibility index (Phi) is 9.74. The van der Waals surface area contributed by atoms with Gasteiger partial charge in [0.15, 0.2) is 0 Å². The van der Waals surface area contributed by atoms with E-state index in [0.717, 1.165) is 49.0 Å². The van der Waals surface area contributed by atoms with Gasteiger partial charge in [0, 0.05) is 77.0 Å². The van der Waals surface area contributed by atoms with Gasteiger partial charge < -0.3 is 10.2 Å². The van der Waals surface area contributed by atoms with Crippen molar-refractivity contribution < 1.29 is 27.6 Å². The highest BCUT2D eigenvalue weighted by atomic mass is 32.2. The molecule has 2 saturated carbocycles. The van der Waals surface area contributed by atoms with Crippen molar-refractivity contribution in [2.45, 2.75) is 114 Å². The van der Waals surface area contributed by atoms with Gasteiger partial charge in [-0.05, 0) is 75.3 Å². The van der Waals surface area contributed by atoms with Crippen molar-refractivity contribution in [3.05, 3.63) is 46.0 Å². The Labute approximate surface area is 337 Å². The number of benzene rings is 1. The number of rotatable bonds is 11. The third kappa shape index (κ3) is 6.42. The normalized spacial score (nSPS) is 25.3. The highest BCUT2D eigenvalue weighted by Gasteiger charge is 2.62. The predicted molar refractivity (Wildman–Crippen MR) is 214 cm³/mol. The molecule has 310 valence electrons. The number of anilines is 2. The van der Waals surface area contributed by atoms with Crippen molar-refractivity contribution in [3.63, 3.8) is 0 Å². The van der Waals surface area contributed by atoms with E-state index < -0.39 is 27.6 Å². The number of nitrogens with zero attached hydrogens (tertiary/aromatic N) is 8. The largest absolute Gasteiger partial charge is 0.351 e. The first-order valence-electron chi connectivity index (χ1n) is 20.8. The van der Waals surface area contributed by atoms with E-state index in [-0.39, 0.29) is 73.9 Å². The Morgan fingerprint density at radius 1 is 1.03 bits per heavy atom. The van der Waals surface area contributed by atoms with Crippen LogP contribution >= 0.6 is 0 Å². The van der Waals surface area contributed by atoms with Crippen molar-refractivity contribution >= 4 is 56.6 Å². The molecule has 3 saturated heterocycles. The van der Waals surface area contributed by atoms with E-state index in [2.05, 4.69) is 22.5 Å². The van der Waals surface area contributed by atoms with Gasteiger partial charge >= 0.3 is 5.69 Å².